The molecule has 0 radical (unpaired) electrons. The second kappa shape index (κ2) is 8.84. The highest BCUT2D eigenvalue weighted by molar-refractivity contribution is 5.85. The van der Waals surface area contributed by atoms with Gasteiger partial charge in [0.1, 0.15) is 0 Å². The molecule has 7 heteroatoms. The molecule has 2 aliphatic carbocycles. The van der Waals surface area contributed by atoms with E-state index in [1.807, 2.05) is 36.4 Å². The predicted molar refractivity (Wildman–Crippen MR) is 126 cm³/mol. The summed E-state index contributed by atoms with van der Waals surface area (Å²) in [5, 5.41) is 22.2. The van der Waals surface area contributed by atoms with Crippen molar-refractivity contribution in [2.75, 3.05) is 11.5 Å². The fourth-order valence-electron chi connectivity index (χ4n) is 4.55. The third-order valence-electron chi connectivity index (χ3n) is 6.38. The zero-order valence-corrected chi connectivity index (χ0v) is 18.3. The summed E-state index contributed by atoms with van der Waals surface area (Å²) in [4.78, 5) is 24.6. The maximum Gasteiger partial charge on any atom is 0.313 e. The molecule has 2 atom stereocenters. The van der Waals surface area contributed by atoms with Gasteiger partial charge in [0.2, 0.25) is 0 Å². The summed E-state index contributed by atoms with van der Waals surface area (Å²) in [5.74, 6) is -1.43. The number of hydrogen-bond donors (Lipinski definition) is 4. The van der Waals surface area contributed by atoms with Gasteiger partial charge in [-0.3, -0.25) is 9.59 Å². The van der Waals surface area contributed by atoms with Gasteiger partial charge in [-0.25, -0.2) is 0 Å². The van der Waals surface area contributed by atoms with Crippen LogP contribution in [0.5, 0.6) is 0 Å². The minimum absolute atomic E-state index is 0.0985. The molecule has 0 aromatic heterocycles. The van der Waals surface area contributed by atoms with Crippen LogP contribution in [0.3, 0.4) is 0 Å². The van der Waals surface area contributed by atoms with Crippen LogP contribution < -0.4 is 11.5 Å². The number of esters is 2. The van der Waals surface area contributed by atoms with Gasteiger partial charge in [0, 0.05) is 24.2 Å². The third kappa shape index (κ3) is 4.84. The molecule has 6 N–H and O–H groups in total. The smallest absolute Gasteiger partial charge is 0.313 e. The number of nitrogen functional groups attached to an aromatic ring is 2. The second-order valence-corrected chi connectivity index (χ2v) is 8.82. The highest BCUT2D eigenvalue weighted by Gasteiger charge is 2.35. The molecule has 0 fully saturated rings. The van der Waals surface area contributed by atoms with Crippen LogP contribution in [0.15, 0.2) is 48.6 Å². The number of carbonyl (C=O) groups is 2. The molecule has 2 aliphatic rings. The number of benzene rings is 2. The van der Waals surface area contributed by atoms with Crippen LogP contribution in [0.25, 0.3) is 12.2 Å². The lowest BCUT2D eigenvalue weighted by Crippen LogP contribution is -2.30. The van der Waals surface area contributed by atoms with E-state index in [4.69, 9.17) is 16.2 Å². The fourth-order valence-corrected chi connectivity index (χ4v) is 4.55. The Morgan fingerprint density at radius 3 is 1.64 bits per heavy atom. The Kier molecular flexibility index (Phi) is 6.10. The summed E-state index contributed by atoms with van der Waals surface area (Å²) in [5.41, 5.74) is 13.3. The van der Waals surface area contributed by atoms with Gasteiger partial charge in [0.05, 0.1) is 11.2 Å². The molecule has 7 nitrogen and oxygen atoms in total. The number of carbonyl (C=O) groups excluding carboxylic acids is 2. The SMILES string of the molecule is Nc1ccc2c(c1)C(O)(CCC(=O)OC(=O)CCC1(O)CC=Cc3ccc(N)cc31)CC=C2. The first-order chi connectivity index (χ1) is 15.7. The van der Waals surface area contributed by atoms with E-state index in [9.17, 15) is 19.8 Å². The van der Waals surface area contributed by atoms with Crippen LogP contribution in [-0.4, -0.2) is 22.2 Å². The van der Waals surface area contributed by atoms with Crippen LogP contribution in [0.1, 0.15) is 60.8 Å². The van der Waals surface area contributed by atoms with E-state index in [1.165, 1.54) is 0 Å². The number of rotatable bonds is 6. The predicted octanol–water partition coefficient (Wildman–Crippen LogP) is 3.39. The second-order valence-electron chi connectivity index (χ2n) is 8.82. The van der Waals surface area contributed by atoms with Gasteiger partial charge in [-0.15, -0.1) is 0 Å². The molecule has 2 aromatic rings. The Hall–Kier alpha value is -3.42. The molecule has 0 aliphatic heterocycles. The van der Waals surface area contributed by atoms with E-state index in [-0.39, 0.29) is 25.7 Å². The van der Waals surface area contributed by atoms with E-state index < -0.39 is 23.1 Å². The molecule has 0 bridgehead atoms. The Bertz CT molecular complexity index is 1070. The van der Waals surface area contributed by atoms with E-state index in [2.05, 4.69) is 0 Å². The average Bonchev–Trinajstić information content (AvgIpc) is 2.78. The standard InChI is InChI=1S/C26H28N2O5/c27-19-7-5-17-3-1-11-25(31,21(17)15-19)13-9-23(29)33-24(30)10-14-26(32)12-2-4-18-6-8-20(28)16-22(18)26/h1-8,15-16,31-32H,9-14,27-28H2. The van der Waals surface area contributed by atoms with E-state index in [0.717, 1.165) is 11.1 Å². The van der Waals surface area contributed by atoms with Gasteiger partial charge in [0.25, 0.3) is 0 Å². The summed E-state index contributed by atoms with van der Waals surface area (Å²) in [6, 6.07) is 10.6. The molecule has 2 unspecified atom stereocenters. The van der Waals surface area contributed by atoms with Crippen molar-refractivity contribution in [2.24, 2.45) is 0 Å². The zero-order valence-electron chi connectivity index (χ0n) is 18.3. The van der Waals surface area contributed by atoms with Gasteiger partial charge in [-0.05, 0) is 72.2 Å². The fraction of sp³-hybridized carbons (Fsp3) is 0.308. The van der Waals surface area contributed by atoms with Crippen molar-refractivity contribution in [3.63, 3.8) is 0 Å². The molecule has 0 spiro atoms. The van der Waals surface area contributed by atoms with Crippen LogP contribution in [0.4, 0.5) is 11.4 Å². The van der Waals surface area contributed by atoms with Crippen LogP contribution in [-0.2, 0) is 25.5 Å². The quantitative estimate of drug-likeness (QED) is 0.302. The van der Waals surface area contributed by atoms with Gasteiger partial charge < -0.3 is 26.4 Å². The topological polar surface area (TPSA) is 136 Å². The number of aliphatic hydroxyl groups is 2. The van der Waals surface area contributed by atoms with Crippen molar-refractivity contribution in [2.45, 2.75) is 49.7 Å². The molecule has 4 rings (SSSR count). The Labute approximate surface area is 192 Å². The number of hydrogen-bond acceptors (Lipinski definition) is 7. The summed E-state index contributed by atoms with van der Waals surface area (Å²) in [7, 11) is 0. The molecule has 0 saturated carbocycles. The first-order valence-electron chi connectivity index (χ1n) is 11.0. The number of ether oxygens (including phenoxy) is 1. The summed E-state index contributed by atoms with van der Waals surface area (Å²) >= 11 is 0. The molecule has 0 heterocycles. The molecule has 33 heavy (non-hydrogen) atoms. The first-order valence-corrected chi connectivity index (χ1v) is 11.0. The van der Waals surface area contributed by atoms with E-state index in [0.29, 0.717) is 35.3 Å². The van der Waals surface area contributed by atoms with Gasteiger partial charge in [-0.2, -0.15) is 0 Å². The monoisotopic (exact) mass is 448 g/mol. The summed E-state index contributed by atoms with van der Waals surface area (Å²) in [6.07, 6.45) is 8.12. The van der Waals surface area contributed by atoms with Gasteiger partial charge >= 0.3 is 11.9 Å². The minimum Gasteiger partial charge on any atom is -0.399 e. The normalized spacial score (nSPS) is 23.0. The van der Waals surface area contributed by atoms with Gasteiger partial charge in [-0.1, -0.05) is 36.4 Å². The zero-order chi connectivity index (χ0) is 23.6. The van der Waals surface area contributed by atoms with Crippen LogP contribution in [0, 0.1) is 0 Å². The van der Waals surface area contributed by atoms with Crippen molar-refractivity contribution >= 4 is 35.5 Å². The Morgan fingerprint density at radius 2 is 1.21 bits per heavy atom. The summed E-state index contributed by atoms with van der Waals surface area (Å²) < 4.78 is 4.96. The van der Waals surface area contributed by atoms with Crippen molar-refractivity contribution in [1.82, 2.24) is 0 Å². The van der Waals surface area contributed by atoms with E-state index in [1.54, 1.807) is 24.3 Å². The van der Waals surface area contributed by atoms with Crippen molar-refractivity contribution in [3.8, 4) is 0 Å². The Balaban J connectivity index is 1.33. The lowest BCUT2D eigenvalue weighted by molar-refractivity contribution is -0.161. The number of anilines is 2. The van der Waals surface area contributed by atoms with Crippen LogP contribution >= 0.6 is 0 Å². The van der Waals surface area contributed by atoms with E-state index >= 15 is 0 Å². The van der Waals surface area contributed by atoms with Crippen molar-refractivity contribution in [3.05, 3.63) is 70.8 Å². The van der Waals surface area contributed by atoms with Crippen molar-refractivity contribution in [1.29, 1.82) is 0 Å². The molecular weight excluding hydrogens is 420 g/mol. The lowest BCUT2D eigenvalue weighted by Gasteiger charge is -2.32. The number of nitrogens with two attached hydrogens (primary N) is 2. The largest absolute Gasteiger partial charge is 0.399 e. The molecule has 172 valence electrons. The Morgan fingerprint density at radius 1 is 0.788 bits per heavy atom. The highest BCUT2D eigenvalue weighted by atomic mass is 16.6. The van der Waals surface area contributed by atoms with Crippen LogP contribution in [0.2, 0.25) is 0 Å². The third-order valence-corrected chi connectivity index (χ3v) is 6.38. The maximum atomic E-state index is 12.3. The number of fused-ring (bicyclic) bond motifs is 2. The highest BCUT2D eigenvalue weighted by Crippen LogP contribution is 2.39. The van der Waals surface area contributed by atoms with Gasteiger partial charge in [0.15, 0.2) is 0 Å². The molecule has 0 saturated heterocycles. The maximum absolute atomic E-state index is 12.3. The first kappa shape index (κ1) is 22.8. The van der Waals surface area contributed by atoms with Crippen molar-refractivity contribution < 1.29 is 24.5 Å². The molecule has 2 aromatic carbocycles. The minimum atomic E-state index is -1.26. The molecule has 0 amide bonds. The average molecular weight is 449 g/mol. The molecular formula is C26H28N2O5. The lowest BCUT2D eigenvalue weighted by atomic mass is 9.79. The summed E-state index contributed by atoms with van der Waals surface area (Å²) in [6.45, 7) is 0.